The second-order valence-electron chi connectivity index (χ2n) is 10.7. The average molecular weight is 617 g/mol. The van der Waals surface area contributed by atoms with Crippen molar-refractivity contribution in [3.63, 3.8) is 0 Å². The molecule has 1 saturated heterocycles. The molecule has 10 heteroatoms. The van der Waals surface area contributed by atoms with Gasteiger partial charge in [-0.2, -0.15) is 5.10 Å². The van der Waals surface area contributed by atoms with E-state index in [0.717, 1.165) is 40.8 Å². The van der Waals surface area contributed by atoms with Crippen LogP contribution in [0.3, 0.4) is 0 Å². The Morgan fingerprint density at radius 2 is 1.88 bits per heavy atom. The van der Waals surface area contributed by atoms with Crippen LogP contribution in [0.25, 0.3) is 16.9 Å². The Labute approximate surface area is 260 Å². The Balaban J connectivity index is 1.54. The average Bonchev–Trinajstić information content (AvgIpc) is 3.66. The molecule has 0 spiro atoms. The van der Waals surface area contributed by atoms with Crippen LogP contribution in [0.4, 0.5) is 5.82 Å². The highest BCUT2D eigenvalue weighted by Crippen LogP contribution is 2.50. The smallest absolute Gasteiger partial charge is 0.240 e. The summed E-state index contributed by atoms with van der Waals surface area (Å²) in [6.45, 7) is 3.00. The van der Waals surface area contributed by atoms with Gasteiger partial charge in [-0.25, -0.2) is 4.68 Å². The number of anilines is 1. The number of halogens is 1. The van der Waals surface area contributed by atoms with Crippen LogP contribution in [-0.4, -0.2) is 60.3 Å². The minimum atomic E-state index is -0.306. The number of hydrogen-bond acceptors (Lipinski definition) is 6. The third kappa shape index (κ3) is 6.16. The maximum absolute atomic E-state index is 13.9. The van der Waals surface area contributed by atoms with E-state index in [1.807, 2.05) is 79.7 Å². The van der Waals surface area contributed by atoms with E-state index in [1.165, 1.54) is 11.8 Å². The number of para-hydroxylation sites is 1. The van der Waals surface area contributed by atoms with Crippen molar-refractivity contribution >= 4 is 41.0 Å². The van der Waals surface area contributed by atoms with Gasteiger partial charge in [-0.3, -0.25) is 14.5 Å². The van der Waals surface area contributed by atoms with Crippen LogP contribution in [0.5, 0.6) is 5.75 Å². The van der Waals surface area contributed by atoms with Crippen LogP contribution in [0.2, 0.25) is 5.02 Å². The van der Waals surface area contributed by atoms with E-state index in [0.29, 0.717) is 35.4 Å². The fourth-order valence-electron chi connectivity index (χ4n) is 5.57. The number of benzene rings is 3. The lowest BCUT2D eigenvalue weighted by Gasteiger charge is -2.24. The Hall–Kier alpha value is -3.79. The molecule has 2 atom stereocenters. The molecule has 222 valence electrons. The number of methoxy groups -OCH3 is 1. The van der Waals surface area contributed by atoms with Crippen molar-refractivity contribution < 1.29 is 19.1 Å². The number of aryl methyl sites for hydroxylation is 1. The number of amides is 2. The molecule has 0 saturated carbocycles. The number of hydrogen-bond donors (Lipinski definition) is 1. The number of rotatable bonds is 8. The minimum absolute atomic E-state index is 0.000536. The van der Waals surface area contributed by atoms with Gasteiger partial charge in [-0.15, -0.1) is 11.8 Å². The van der Waals surface area contributed by atoms with Crippen molar-refractivity contribution in [2.24, 2.45) is 0 Å². The molecule has 2 aliphatic rings. The molecule has 3 aromatic carbocycles. The largest absolute Gasteiger partial charge is 0.496 e. The number of fused-ring (bicyclic) bond motifs is 1. The lowest BCUT2D eigenvalue weighted by molar-refractivity contribution is -0.123. The zero-order valence-corrected chi connectivity index (χ0v) is 25.7. The Kier molecular flexibility index (Phi) is 8.74. The fourth-order valence-corrected chi connectivity index (χ4v) is 6.92. The zero-order valence-electron chi connectivity index (χ0n) is 24.1. The number of carbonyl (C=O) groups is 2. The van der Waals surface area contributed by atoms with Crippen molar-refractivity contribution in [3.8, 4) is 22.7 Å². The summed E-state index contributed by atoms with van der Waals surface area (Å²) >= 11 is 7.78. The SMILES string of the molecule is COc1ccccc1[C@H]1SCC(=O)N(CC(=O)NC[C@H]2CCCO2)c2c1c(-c1ccc(Cl)cc1)nn2-c1ccc(C)cc1. The molecule has 4 aromatic rings. The number of thioether (sulfide) groups is 1. The molecule has 43 heavy (non-hydrogen) atoms. The van der Waals surface area contributed by atoms with E-state index in [4.69, 9.17) is 26.2 Å². The topological polar surface area (TPSA) is 85.7 Å². The Bertz CT molecular complexity index is 1620. The molecular formula is C33H33ClN4O4S. The predicted molar refractivity (Wildman–Crippen MR) is 170 cm³/mol. The number of ether oxygens (including phenoxy) is 2. The molecule has 1 aromatic heterocycles. The van der Waals surface area contributed by atoms with Gasteiger partial charge in [-0.05, 0) is 50.1 Å². The molecule has 0 aliphatic carbocycles. The first-order valence-corrected chi connectivity index (χ1v) is 15.7. The molecule has 0 radical (unpaired) electrons. The molecule has 8 nitrogen and oxygen atoms in total. The summed E-state index contributed by atoms with van der Waals surface area (Å²) in [6, 6.07) is 23.3. The minimum Gasteiger partial charge on any atom is -0.496 e. The van der Waals surface area contributed by atoms with Crippen molar-refractivity contribution in [1.29, 1.82) is 0 Å². The van der Waals surface area contributed by atoms with E-state index >= 15 is 0 Å². The van der Waals surface area contributed by atoms with Gasteiger partial charge in [0.1, 0.15) is 18.1 Å². The van der Waals surface area contributed by atoms with Crippen LogP contribution < -0.4 is 15.0 Å². The van der Waals surface area contributed by atoms with Crippen molar-refractivity contribution in [3.05, 3.63) is 94.5 Å². The fraction of sp³-hybridized carbons (Fsp3) is 0.303. The molecule has 0 bridgehead atoms. The van der Waals surface area contributed by atoms with Gasteiger partial charge in [-0.1, -0.05) is 59.6 Å². The summed E-state index contributed by atoms with van der Waals surface area (Å²) < 4.78 is 13.3. The van der Waals surface area contributed by atoms with Crippen LogP contribution >= 0.6 is 23.4 Å². The monoisotopic (exact) mass is 616 g/mol. The summed E-state index contributed by atoms with van der Waals surface area (Å²) in [5, 5.41) is 8.44. The van der Waals surface area contributed by atoms with Crippen molar-refractivity contribution in [2.45, 2.75) is 31.1 Å². The van der Waals surface area contributed by atoms with E-state index in [-0.39, 0.29) is 35.5 Å². The highest BCUT2D eigenvalue weighted by molar-refractivity contribution is 8.00. The van der Waals surface area contributed by atoms with Crippen LogP contribution in [0.15, 0.2) is 72.8 Å². The number of carbonyl (C=O) groups excluding carboxylic acids is 2. The Morgan fingerprint density at radius 3 is 2.60 bits per heavy atom. The normalized spacial score (nSPS) is 18.3. The maximum Gasteiger partial charge on any atom is 0.240 e. The third-order valence-corrected chi connectivity index (χ3v) is 9.25. The Morgan fingerprint density at radius 1 is 1.12 bits per heavy atom. The van der Waals surface area contributed by atoms with Crippen LogP contribution in [0.1, 0.15) is 34.8 Å². The standard InChI is InChI=1S/C33H33ClN4O4S/c1-21-9-15-24(16-10-21)38-33-30(31(36-38)22-11-13-23(34)14-12-22)32(26-7-3-4-8-27(26)41-2)43-20-29(40)37(33)19-28(39)35-18-25-6-5-17-42-25/h3-4,7-16,25,32H,5-6,17-20H2,1-2H3,(H,35,39)/t25-,32-/m1/s1. The molecular weight excluding hydrogens is 584 g/mol. The number of aromatic nitrogens is 2. The summed E-state index contributed by atoms with van der Waals surface area (Å²) in [7, 11) is 1.65. The third-order valence-electron chi connectivity index (χ3n) is 7.76. The maximum atomic E-state index is 13.9. The van der Waals surface area contributed by atoms with E-state index < -0.39 is 0 Å². The quantitative estimate of drug-likeness (QED) is 0.262. The first kappa shape index (κ1) is 29.3. The molecule has 0 unspecified atom stereocenters. The van der Waals surface area contributed by atoms with Crippen LogP contribution in [0, 0.1) is 6.92 Å². The predicted octanol–water partition coefficient (Wildman–Crippen LogP) is 5.97. The molecule has 3 heterocycles. The van der Waals surface area contributed by atoms with Gasteiger partial charge in [0.15, 0.2) is 0 Å². The van der Waals surface area contributed by atoms with Crippen molar-refractivity contribution in [2.75, 3.05) is 37.5 Å². The van der Waals surface area contributed by atoms with Crippen molar-refractivity contribution in [1.82, 2.24) is 15.1 Å². The highest BCUT2D eigenvalue weighted by Gasteiger charge is 2.38. The first-order valence-electron chi connectivity index (χ1n) is 14.3. The van der Waals surface area contributed by atoms with Gasteiger partial charge in [0.2, 0.25) is 11.8 Å². The van der Waals surface area contributed by atoms with Gasteiger partial charge in [0.25, 0.3) is 0 Å². The van der Waals surface area contributed by atoms with E-state index in [9.17, 15) is 9.59 Å². The van der Waals surface area contributed by atoms with E-state index in [1.54, 1.807) is 16.7 Å². The van der Waals surface area contributed by atoms with Crippen LogP contribution in [-0.2, 0) is 14.3 Å². The second-order valence-corrected chi connectivity index (χ2v) is 12.2. The van der Waals surface area contributed by atoms with Gasteiger partial charge in [0, 0.05) is 34.9 Å². The molecule has 2 aliphatic heterocycles. The lowest BCUT2D eigenvalue weighted by atomic mass is 9.99. The van der Waals surface area contributed by atoms with Gasteiger partial charge >= 0.3 is 0 Å². The summed E-state index contributed by atoms with van der Waals surface area (Å²) in [5.41, 5.74) is 5.19. The molecule has 1 fully saturated rings. The van der Waals surface area contributed by atoms with Gasteiger partial charge in [0.05, 0.1) is 35.6 Å². The van der Waals surface area contributed by atoms with Gasteiger partial charge < -0.3 is 14.8 Å². The first-order chi connectivity index (χ1) is 20.9. The van der Waals surface area contributed by atoms with E-state index in [2.05, 4.69) is 5.32 Å². The highest BCUT2D eigenvalue weighted by atomic mass is 35.5. The number of nitrogens with one attached hydrogen (secondary N) is 1. The zero-order chi connectivity index (χ0) is 29.9. The molecule has 1 N–H and O–H groups in total. The lowest BCUT2D eigenvalue weighted by Crippen LogP contribution is -2.44. The number of nitrogens with zero attached hydrogens (tertiary/aromatic N) is 3. The summed E-state index contributed by atoms with van der Waals surface area (Å²) in [4.78, 5) is 28.9. The second kappa shape index (κ2) is 12.8. The molecule has 6 rings (SSSR count). The molecule has 2 amide bonds. The summed E-state index contributed by atoms with van der Waals surface area (Å²) in [6.07, 6.45) is 1.90. The summed E-state index contributed by atoms with van der Waals surface area (Å²) in [5.74, 6) is 1.02.